The van der Waals surface area contributed by atoms with Crippen molar-refractivity contribution in [3.8, 4) is 0 Å². The third-order valence-corrected chi connectivity index (χ3v) is 2.73. The first-order valence-electron chi connectivity index (χ1n) is 5.62. The summed E-state index contributed by atoms with van der Waals surface area (Å²) in [7, 11) is 0. The molecular formula is C13H13N3. The van der Waals surface area contributed by atoms with Crippen LogP contribution in [0.4, 0.5) is 0 Å². The van der Waals surface area contributed by atoms with Gasteiger partial charge in [-0.1, -0.05) is 25.1 Å². The minimum atomic E-state index is 0.929. The summed E-state index contributed by atoms with van der Waals surface area (Å²) in [6.45, 7) is 2.14. The van der Waals surface area contributed by atoms with Gasteiger partial charge in [0.25, 0.3) is 0 Å². The highest BCUT2D eigenvalue weighted by molar-refractivity contribution is 5.81. The Hall–Kier alpha value is -1.90. The summed E-state index contributed by atoms with van der Waals surface area (Å²) in [6.07, 6.45) is 2.02. The first-order valence-corrected chi connectivity index (χ1v) is 5.62. The number of nitrogens with zero attached hydrogens (tertiary/aromatic N) is 3. The highest BCUT2D eigenvalue weighted by atomic mass is 15.3. The maximum atomic E-state index is 4.54. The Bertz CT molecular complexity index is 640. The zero-order valence-electron chi connectivity index (χ0n) is 9.22. The van der Waals surface area contributed by atoms with Crippen molar-refractivity contribution < 1.29 is 0 Å². The molecule has 0 fully saturated rings. The van der Waals surface area contributed by atoms with E-state index in [0.717, 1.165) is 29.8 Å². The predicted octanol–water partition coefficient (Wildman–Crippen LogP) is 2.84. The summed E-state index contributed by atoms with van der Waals surface area (Å²) in [5.41, 5.74) is 2.05. The smallest absolute Gasteiger partial charge is 0.156 e. The first kappa shape index (κ1) is 9.33. The molecule has 2 aromatic heterocycles. The molecule has 0 aliphatic carbocycles. The van der Waals surface area contributed by atoms with Gasteiger partial charge in [-0.2, -0.15) is 5.10 Å². The van der Waals surface area contributed by atoms with E-state index in [1.165, 1.54) is 5.39 Å². The van der Waals surface area contributed by atoms with E-state index in [-0.39, 0.29) is 0 Å². The Morgan fingerprint density at radius 2 is 2.00 bits per heavy atom. The van der Waals surface area contributed by atoms with E-state index in [2.05, 4.69) is 35.2 Å². The Morgan fingerprint density at radius 3 is 2.88 bits per heavy atom. The lowest BCUT2D eigenvalue weighted by Crippen LogP contribution is -1.91. The van der Waals surface area contributed by atoms with Crippen LogP contribution in [0.25, 0.3) is 16.6 Å². The maximum Gasteiger partial charge on any atom is 0.156 e. The van der Waals surface area contributed by atoms with E-state index in [4.69, 9.17) is 0 Å². The summed E-state index contributed by atoms with van der Waals surface area (Å²) >= 11 is 0. The van der Waals surface area contributed by atoms with Gasteiger partial charge >= 0.3 is 0 Å². The average molecular weight is 211 g/mol. The number of pyridine rings is 1. The van der Waals surface area contributed by atoms with Crippen LogP contribution < -0.4 is 0 Å². The highest BCUT2D eigenvalue weighted by Crippen LogP contribution is 2.15. The van der Waals surface area contributed by atoms with Gasteiger partial charge in [-0.3, -0.25) is 0 Å². The van der Waals surface area contributed by atoms with Crippen LogP contribution >= 0.6 is 0 Å². The SMILES string of the molecule is CCCc1nc2ccc3ccccc3n2n1. The monoisotopic (exact) mass is 211 g/mol. The van der Waals surface area contributed by atoms with E-state index in [1.54, 1.807) is 0 Å². The van der Waals surface area contributed by atoms with E-state index in [0.29, 0.717) is 0 Å². The number of benzene rings is 1. The minimum absolute atomic E-state index is 0.929. The Kier molecular flexibility index (Phi) is 2.10. The summed E-state index contributed by atoms with van der Waals surface area (Å²) in [5, 5.41) is 5.73. The van der Waals surface area contributed by atoms with Crippen LogP contribution in [0.5, 0.6) is 0 Å². The maximum absolute atomic E-state index is 4.54. The van der Waals surface area contributed by atoms with Crippen LogP contribution in [-0.2, 0) is 6.42 Å². The molecule has 0 amide bonds. The van der Waals surface area contributed by atoms with Gasteiger partial charge in [0.15, 0.2) is 11.5 Å². The molecule has 80 valence electrons. The number of hydrogen-bond donors (Lipinski definition) is 0. The molecule has 1 aromatic carbocycles. The zero-order chi connectivity index (χ0) is 11.0. The third kappa shape index (κ3) is 1.36. The molecule has 2 heterocycles. The van der Waals surface area contributed by atoms with Crippen molar-refractivity contribution in [2.24, 2.45) is 0 Å². The Labute approximate surface area is 93.7 Å². The van der Waals surface area contributed by atoms with Crippen LogP contribution in [-0.4, -0.2) is 14.6 Å². The molecule has 0 bridgehead atoms. The van der Waals surface area contributed by atoms with Gasteiger partial charge in [0.2, 0.25) is 0 Å². The molecule has 0 spiro atoms. The lowest BCUT2D eigenvalue weighted by atomic mass is 10.2. The molecule has 0 radical (unpaired) electrons. The second-order valence-electron chi connectivity index (χ2n) is 3.94. The standard InChI is InChI=1S/C13H13N3/c1-2-5-12-14-13-9-8-10-6-3-4-7-11(10)16(13)15-12/h3-4,6-9H,2,5H2,1H3. The molecule has 3 nitrogen and oxygen atoms in total. The molecule has 3 heteroatoms. The summed E-state index contributed by atoms with van der Waals surface area (Å²) in [5.74, 6) is 0.929. The van der Waals surface area contributed by atoms with Crippen molar-refractivity contribution >= 4 is 16.6 Å². The number of aromatic nitrogens is 3. The predicted molar refractivity (Wildman–Crippen MR) is 64.5 cm³/mol. The van der Waals surface area contributed by atoms with Crippen molar-refractivity contribution in [1.29, 1.82) is 0 Å². The number of aryl methyl sites for hydroxylation is 1. The quantitative estimate of drug-likeness (QED) is 0.652. The van der Waals surface area contributed by atoms with Gasteiger partial charge in [0, 0.05) is 11.8 Å². The third-order valence-electron chi connectivity index (χ3n) is 2.73. The van der Waals surface area contributed by atoms with Crippen molar-refractivity contribution in [3.05, 3.63) is 42.2 Å². The number of fused-ring (bicyclic) bond motifs is 3. The number of para-hydroxylation sites is 1. The molecule has 0 saturated carbocycles. The summed E-state index contributed by atoms with van der Waals surface area (Å²) in [4.78, 5) is 4.50. The molecule has 3 aromatic rings. The zero-order valence-corrected chi connectivity index (χ0v) is 9.22. The lowest BCUT2D eigenvalue weighted by Gasteiger charge is -1.98. The van der Waals surface area contributed by atoms with Gasteiger partial charge in [0.1, 0.15) is 0 Å². The van der Waals surface area contributed by atoms with Crippen LogP contribution in [0.1, 0.15) is 19.2 Å². The normalized spacial score (nSPS) is 11.3. The molecule has 3 rings (SSSR count). The van der Waals surface area contributed by atoms with Crippen LogP contribution in [0, 0.1) is 0 Å². The van der Waals surface area contributed by atoms with Crippen LogP contribution in [0.2, 0.25) is 0 Å². The van der Waals surface area contributed by atoms with E-state index < -0.39 is 0 Å². The molecule has 0 unspecified atom stereocenters. The fraction of sp³-hybridized carbons (Fsp3) is 0.231. The summed E-state index contributed by atoms with van der Waals surface area (Å²) < 4.78 is 1.93. The molecule has 0 atom stereocenters. The molecule has 0 saturated heterocycles. The van der Waals surface area contributed by atoms with E-state index >= 15 is 0 Å². The molecule has 0 N–H and O–H groups in total. The fourth-order valence-electron chi connectivity index (χ4n) is 1.97. The first-order chi connectivity index (χ1) is 7.88. The largest absolute Gasteiger partial charge is 0.213 e. The van der Waals surface area contributed by atoms with E-state index in [9.17, 15) is 0 Å². The molecular weight excluding hydrogens is 198 g/mol. The van der Waals surface area contributed by atoms with Gasteiger partial charge < -0.3 is 0 Å². The molecule has 0 aliphatic rings. The Balaban J connectivity index is 2.32. The summed E-state index contributed by atoms with van der Waals surface area (Å²) in [6, 6.07) is 12.4. The van der Waals surface area contributed by atoms with Gasteiger partial charge in [-0.15, -0.1) is 0 Å². The Morgan fingerprint density at radius 1 is 1.12 bits per heavy atom. The van der Waals surface area contributed by atoms with Crippen LogP contribution in [0.3, 0.4) is 0 Å². The van der Waals surface area contributed by atoms with Gasteiger partial charge in [-0.25, -0.2) is 9.50 Å². The average Bonchev–Trinajstić information content (AvgIpc) is 2.72. The van der Waals surface area contributed by atoms with Crippen molar-refractivity contribution in [3.63, 3.8) is 0 Å². The second-order valence-corrected chi connectivity index (χ2v) is 3.94. The van der Waals surface area contributed by atoms with Gasteiger partial charge in [0.05, 0.1) is 5.52 Å². The van der Waals surface area contributed by atoms with Gasteiger partial charge in [-0.05, 0) is 24.6 Å². The number of rotatable bonds is 2. The van der Waals surface area contributed by atoms with E-state index in [1.807, 2.05) is 22.7 Å². The minimum Gasteiger partial charge on any atom is -0.213 e. The fourth-order valence-corrected chi connectivity index (χ4v) is 1.97. The number of hydrogen-bond acceptors (Lipinski definition) is 2. The van der Waals surface area contributed by atoms with Crippen LogP contribution in [0.15, 0.2) is 36.4 Å². The second kappa shape index (κ2) is 3.59. The van der Waals surface area contributed by atoms with Crippen molar-refractivity contribution in [2.45, 2.75) is 19.8 Å². The molecule has 0 aliphatic heterocycles. The van der Waals surface area contributed by atoms with Crippen molar-refractivity contribution in [2.75, 3.05) is 0 Å². The lowest BCUT2D eigenvalue weighted by molar-refractivity contribution is 0.827. The van der Waals surface area contributed by atoms with Crippen molar-refractivity contribution in [1.82, 2.24) is 14.6 Å². The highest BCUT2D eigenvalue weighted by Gasteiger charge is 2.04. The topological polar surface area (TPSA) is 30.2 Å². The molecule has 16 heavy (non-hydrogen) atoms.